The molecule has 0 saturated carbocycles. The average molecular weight is 442 g/mol. The van der Waals surface area contributed by atoms with Gasteiger partial charge in [0.05, 0.1) is 18.1 Å². The number of benzene rings is 1. The number of hydrogen-bond donors (Lipinski definition) is 1. The fourth-order valence-corrected chi connectivity index (χ4v) is 3.76. The lowest BCUT2D eigenvalue weighted by Gasteiger charge is -2.27. The van der Waals surface area contributed by atoms with E-state index in [1.165, 1.54) is 0 Å². The zero-order valence-electron chi connectivity index (χ0n) is 12.5. The van der Waals surface area contributed by atoms with Gasteiger partial charge in [-0.2, -0.15) is 5.26 Å². The summed E-state index contributed by atoms with van der Waals surface area (Å²) in [5, 5.41) is 9.48. The van der Waals surface area contributed by atoms with Crippen molar-refractivity contribution in [3.05, 3.63) is 55.5 Å². The van der Waals surface area contributed by atoms with E-state index in [-0.39, 0.29) is 23.6 Å². The summed E-state index contributed by atoms with van der Waals surface area (Å²) in [7, 11) is 0. The molecule has 1 unspecified atom stereocenters. The quantitative estimate of drug-likeness (QED) is 0.719. The fourth-order valence-electron chi connectivity index (χ4n) is 2.43. The normalized spacial score (nSPS) is 17.6. The molecule has 0 spiro atoms. The molecule has 23 heavy (non-hydrogen) atoms. The van der Waals surface area contributed by atoms with Crippen molar-refractivity contribution in [3.63, 3.8) is 0 Å². The van der Waals surface area contributed by atoms with Gasteiger partial charge in [-0.1, -0.05) is 31.9 Å². The van der Waals surface area contributed by atoms with Gasteiger partial charge in [0.1, 0.15) is 17.4 Å². The Balaban J connectivity index is 2.66. The summed E-state index contributed by atoms with van der Waals surface area (Å²) in [6, 6.07) is 7.57. The zero-order valence-corrected chi connectivity index (χ0v) is 15.7. The molecule has 0 saturated heterocycles. The molecular weight excluding hydrogens is 428 g/mol. The monoisotopic (exact) mass is 440 g/mol. The Labute approximate surface area is 151 Å². The Hall–Kier alpha value is -1.78. The Kier molecular flexibility index (Phi) is 5.50. The lowest BCUT2D eigenvalue weighted by atomic mass is 9.83. The summed E-state index contributed by atoms with van der Waals surface area (Å²) in [5.74, 6) is -0.826. The van der Waals surface area contributed by atoms with Crippen molar-refractivity contribution >= 4 is 37.8 Å². The number of rotatable bonds is 3. The van der Waals surface area contributed by atoms with Crippen LogP contribution in [0.5, 0.6) is 0 Å². The van der Waals surface area contributed by atoms with E-state index in [9.17, 15) is 10.1 Å². The molecule has 1 heterocycles. The third kappa shape index (κ3) is 3.59. The van der Waals surface area contributed by atoms with Crippen molar-refractivity contribution in [2.45, 2.75) is 19.8 Å². The Bertz CT molecular complexity index is 743. The van der Waals surface area contributed by atoms with Gasteiger partial charge in [0, 0.05) is 8.95 Å². The van der Waals surface area contributed by atoms with E-state index < -0.39 is 11.9 Å². The maximum atomic E-state index is 12.4. The van der Waals surface area contributed by atoms with Crippen molar-refractivity contribution in [2.24, 2.45) is 5.73 Å². The van der Waals surface area contributed by atoms with Gasteiger partial charge in [-0.25, -0.2) is 4.79 Å². The third-order valence-corrected chi connectivity index (χ3v) is 4.23. The van der Waals surface area contributed by atoms with Gasteiger partial charge in [0.25, 0.3) is 0 Å². The number of halogens is 2. The maximum absolute atomic E-state index is 12.4. The van der Waals surface area contributed by atoms with Crippen LogP contribution in [-0.4, -0.2) is 12.6 Å². The minimum Gasteiger partial charge on any atom is -0.463 e. The fraction of sp³-hybridized carbons (Fsp3) is 0.250. The van der Waals surface area contributed by atoms with E-state index in [0.29, 0.717) is 5.76 Å². The van der Waals surface area contributed by atoms with E-state index in [1.54, 1.807) is 13.8 Å². The van der Waals surface area contributed by atoms with Crippen LogP contribution in [0.1, 0.15) is 25.3 Å². The first-order valence-electron chi connectivity index (χ1n) is 6.80. The first-order chi connectivity index (χ1) is 10.9. The average Bonchev–Trinajstić information content (AvgIpc) is 2.45. The van der Waals surface area contributed by atoms with Crippen LogP contribution in [0.2, 0.25) is 0 Å². The predicted molar refractivity (Wildman–Crippen MR) is 91.8 cm³/mol. The van der Waals surface area contributed by atoms with Crippen LogP contribution in [-0.2, 0) is 14.3 Å². The minimum atomic E-state index is -0.637. The van der Waals surface area contributed by atoms with Crippen LogP contribution >= 0.6 is 31.9 Å². The second-order valence-corrected chi connectivity index (χ2v) is 6.65. The molecule has 0 radical (unpaired) electrons. The van der Waals surface area contributed by atoms with Crippen molar-refractivity contribution in [1.82, 2.24) is 0 Å². The highest BCUT2D eigenvalue weighted by Crippen LogP contribution is 2.41. The molecule has 0 amide bonds. The SMILES string of the molecule is CCOC(=O)C1=C(C)OC(N)=C(C#N)C1c1cc(Br)cc(Br)c1. The molecule has 0 aromatic heterocycles. The van der Waals surface area contributed by atoms with Crippen LogP contribution in [0.3, 0.4) is 0 Å². The number of nitrogens with zero attached hydrogens (tertiary/aromatic N) is 1. The largest absolute Gasteiger partial charge is 0.463 e. The van der Waals surface area contributed by atoms with Crippen molar-refractivity contribution in [3.8, 4) is 6.07 Å². The Morgan fingerprint density at radius 1 is 1.39 bits per heavy atom. The number of nitrogens with two attached hydrogens (primary N) is 1. The smallest absolute Gasteiger partial charge is 0.338 e. The molecule has 1 aromatic rings. The number of ether oxygens (including phenoxy) is 2. The van der Waals surface area contributed by atoms with Gasteiger partial charge in [0.2, 0.25) is 5.88 Å². The number of carbonyl (C=O) groups excluding carboxylic acids is 1. The van der Waals surface area contributed by atoms with Crippen molar-refractivity contribution in [2.75, 3.05) is 6.61 Å². The van der Waals surface area contributed by atoms with Gasteiger partial charge in [-0.15, -0.1) is 0 Å². The van der Waals surface area contributed by atoms with Crippen LogP contribution < -0.4 is 5.73 Å². The van der Waals surface area contributed by atoms with Crippen molar-refractivity contribution in [1.29, 1.82) is 5.26 Å². The highest BCUT2D eigenvalue weighted by molar-refractivity contribution is 9.11. The molecule has 2 N–H and O–H groups in total. The third-order valence-electron chi connectivity index (χ3n) is 3.32. The summed E-state index contributed by atoms with van der Waals surface area (Å²) in [4.78, 5) is 12.4. The molecule has 7 heteroatoms. The number of nitriles is 1. The van der Waals surface area contributed by atoms with E-state index >= 15 is 0 Å². The first kappa shape index (κ1) is 17.6. The lowest BCUT2D eigenvalue weighted by Crippen LogP contribution is -2.25. The highest BCUT2D eigenvalue weighted by atomic mass is 79.9. The lowest BCUT2D eigenvalue weighted by molar-refractivity contribution is -0.139. The van der Waals surface area contributed by atoms with Gasteiger partial charge >= 0.3 is 5.97 Å². The Morgan fingerprint density at radius 3 is 2.52 bits per heavy atom. The first-order valence-corrected chi connectivity index (χ1v) is 8.39. The summed E-state index contributed by atoms with van der Waals surface area (Å²) < 4.78 is 12.1. The van der Waals surface area contributed by atoms with Gasteiger partial charge in [-0.05, 0) is 37.6 Å². The maximum Gasteiger partial charge on any atom is 0.338 e. The van der Waals surface area contributed by atoms with Gasteiger partial charge in [-0.3, -0.25) is 0 Å². The summed E-state index contributed by atoms with van der Waals surface area (Å²) in [6.45, 7) is 3.58. The van der Waals surface area contributed by atoms with Crippen molar-refractivity contribution < 1.29 is 14.3 Å². The van der Waals surface area contributed by atoms with E-state index in [2.05, 4.69) is 31.9 Å². The van der Waals surface area contributed by atoms with E-state index in [1.807, 2.05) is 24.3 Å². The highest BCUT2D eigenvalue weighted by Gasteiger charge is 2.36. The molecular formula is C16H14Br2N2O3. The molecule has 0 aliphatic carbocycles. The topological polar surface area (TPSA) is 85.3 Å². The summed E-state index contributed by atoms with van der Waals surface area (Å²) in [6.07, 6.45) is 0. The van der Waals surface area contributed by atoms with Gasteiger partial charge < -0.3 is 15.2 Å². The summed E-state index contributed by atoms with van der Waals surface area (Å²) >= 11 is 6.83. The van der Waals surface area contributed by atoms with Crippen LogP contribution in [0.4, 0.5) is 0 Å². The van der Waals surface area contributed by atoms with Crippen LogP contribution in [0, 0.1) is 11.3 Å². The molecule has 1 aliphatic heterocycles. The molecule has 1 aromatic carbocycles. The van der Waals surface area contributed by atoms with E-state index in [4.69, 9.17) is 15.2 Å². The molecule has 5 nitrogen and oxygen atoms in total. The number of allylic oxidation sites excluding steroid dienone is 2. The minimum absolute atomic E-state index is 0.000790. The number of carbonyl (C=O) groups is 1. The second-order valence-electron chi connectivity index (χ2n) is 4.82. The zero-order chi connectivity index (χ0) is 17.1. The van der Waals surface area contributed by atoms with Gasteiger partial charge in [0.15, 0.2) is 0 Å². The van der Waals surface area contributed by atoms with Crippen LogP contribution in [0.25, 0.3) is 0 Å². The molecule has 1 aliphatic rings. The predicted octanol–water partition coefficient (Wildman–Crippen LogP) is 3.86. The van der Waals surface area contributed by atoms with Crippen LogP contribution in [0.15, 0.2) is 49.9 Å². The number of hydrogen-bond acceptors (Lipinski definition) is 5. The molecule has 120 valence electrons. The standard InChI is InChI=1S/C16H14Br2N2O3/c1-3-22-16(21)13-8(2)23-15(20)12(7-19)14(13)9-4-10(17)6-11(18)5-9/h4-6,14H,3,20H2,1-2H3. The molecule has 2 rings (SSSR count). The molecule has 0 bridgehead atoms. The molecule has 0 fully saturated rings. The number of esters is 1. The van der Waals surface area contributed by atoms with E-state index in [0.717, 1.165) is 14.5 Å². The molecule has 1 atom stereocenters. The Morgan fingerprint density at radius 2 is 2.00 bits per heavy atom. The summed E-state index contributed by atoms with van der Waals surface area (Å²) in [5.41, 5.74) is 7.04. The second kappa shape index (κ2) is 7.20.